The maximum Gasteiger partial charge on any atom is 0.316 e. The number of nitrogens with two attached hydrogens (primary N) is 1. The van der Waals surface area contributed by atoms with Gasteiger partial charge in [-0.15, -0.1) is 0 Å². The lowest BCUT2D eigenvalue weighted by Gasteiger charge is -1.96. The van der Waals surface area contributed by atoms with Crippen LogP contribution < -0.4 is 11.1 Å². The van der Waals surface area contributed by atoms with E-state index in [0.29, 0.717) is 23.9 Å². The zero-order valence-electron chi connectivity index (χ0n) is 9.34. The second-order valence-electron chi connectivity index (χ2n) is 3.42. The van der Waals surface area contributed by atoms with Crippen molar-refractivity contribution in [2.75, 3.05) is 13.1 Å². The summed E-state index contributed by atoms with van der Waals surface area (Å²) in [5.41, 5.74) is 5.26. The first-order valence-electron chi connectivity index (χ1n) is 5.18. The quantitative estimate of drug-likeness (QED) is 0.768. The van der Waals surface area contributed by atoms with Crippen LogP contribution in [-0.4, -0.2) is 38.9 Å². The van der Waals surface area contributed by atoms with Gasteiger partial charge in [0.25, 0.3) is 0 Å². The number of amides is 1. The number of hydrogen-bond donors (Lipinski definition) is 2. The average molecular weight is 271 g/mol. The van der Waals surface area contributed by atoms with Gasteiger partial charge in [-0.25, -0.2) is 0 Å². The van der Waals surface area contributed by atoms with Gasteiger partial charge >= 0.3 is 11.8 Å². The number of carbonyl (C=O) groups excluding carboxylic acids is 1. The molecule has 3 N–H and O–H groups in total. The highest BCUT2D eigenvalue weighted by atomic mass is 35.5. The van der Waals surface area contributed by atoms with E-state index in [0.717, 1.165) is 0 Å². The number of nitrogens with one attached hydrogen (secondary N) is 1. The molecule has 0 unspecified atom stereocenters. The van der Waals surface area contributed by atoms with Crippen LogP contribution in [0.25, 0.3) is 0 Å². The van der Waals surface area contributed by atoms with Crippen molar-refractivity contribution in [3.63, 3.8) is 0 Å². The molecule has 0 aliphatic heterocycles. The van der Waals surface area contributed by atoms with E-state index in [1.54, 1.807) is 6.20 Å². The zero-order chi connectivity index (χ0) is 13.0. The van der Waals surface area contributed by atoms with E-state index in [1.807, 2.05) is 0 Å². The summed E-state index contributed by atoms with van der Waals surface area (Å²) >= 11 is 5.72. The molecule has 0 aliphatic rings. The van der Waals surface area contributed by atoms with Crippen LogP contribution in [0.2, 0.25) is 5.02 Å². The Labute approximate surface area is 107 Å². The van der Waals surface area contributed by atoms with Crippen molar-refractivity contribution in [3.05, 3.63) is 29.1 Å². The van der Waals surface area contributed by atoms with Crippen LogP contribution >= 0.6 is 11.6 Å². The van der Waals surface area contributed by atoms with E-state index >= 15 is 0 Å². The molecule has 0 saturated heterocycles. The van der Waals surface area contributed by atoms with Gasteiger partial charge in [-0.3, -0.25) is 9.48 Å². The number of hydrogen-bond acceptors (Lipinski definition) is 6. The summed E-state index contributed by atoms with van der Waals surface area (Å²) in [7, 11) is 0. The fourth-order valence-corrected chi connectivity index (χ4v) is 1.40. The first kappa shape index (κ1) is 12.5. The van der Waals surface area contributed by atoms with Crippen LogP contribution in [0.3, 0.4) is 0 Å². The van der Waals surface area contributed by atoms with Gasteiger partial charge in [0, 0.05) is 19.3 Å². The maximum absolute atomic E-state index is 11.5. The summed E-state index contributed by atoms with van der Waals surface area (Å²) in [6.07, 6.45) is 3.11. The Kier molecular flexibility index (Phi) is 3.90. The van der Waals surface area contributed by atoms with E-state index in [4.69, 9.17) is 21.9 Å². The molecular formula is C9H11ClN6O2. The monoisotopic (exact) mass is 270 g/mol. The average Bonchev–Trinajstić information content (AvgIpc) is 2.96. The molecule has 2 aromatic heterocycles. The number of rotatable bonds is 5. The van der Waals surface area contributed by atoms with Crippen LogP contribution in [0.15, 0.2) is 16.9 Å². The molecule has 2 heterocycles. The molecule has 0 aromatic carbocycles. The first-order chi connectivity index (χ1) is 8.69. The second-order valence-corrected chi connectivity index (χ2v) is 3.85. The van der Waals surface area contributed by atoms with Crippen LogP contribution in [-0.2, 0) is 6.54 Å². The Balaban J connectivity index is 1.99. The highest BCUT2D eigenvalue weighted by Gasteiger charge is 2.14. The van der Waals surface area contributed by atoms with E-state index in [9.17, 15) is 4.79 Å². The summed E-state index contributed by atoms with van der Waals surface area (Å²) in [4.78, 5) is 15.4. The predicted molar refractivity (Wildman–Crippen MR) is 62.0 cm³/mol. The zero-order valence-corrected chi connectivity index (χ0v) is 10.1. The standard InChI is InChI=1S/C9H11ClN6O2/c10-6-3-13-16(4-6)5-7-14-9(18-15-7)8(17)12-2-1-11/h3-4H,1-2,5,11H2,(H,12,17). The van der Waals surface area contributed by atoms with Crippen LogP contribution in [0.1, 0.15) is 16.5 Å². The van der Waals surface area contributed by atoms with Crippen LogP contribution in [0.5, 0.6) is 0 Å². The molecule has 0 saturated carbocycles. The Morgan fingerprint density at radius 2 is 2.44 bits per heavy atom. The Hall–Kier alpha value is -1.93. The molecule has 18 heavy (non-hydrogen) atoms. The number of carbonyl (C=O) groups is 1. The lowest BCUT2D eigenvalue weighted by Crippen LogP contribution is -2.29. The van der Waals surface area contributed by atoms with Crippen molar-refractivity contribution in [1.82, 2.24) is 25.2 Å². The molecule has 0 fully saturated rings. The van der Waals surface area contributed by atoms with Crippen molar-refractivity contribution in [3.8, 4) is 0 Å². The summed E-state index contributed by atoms with van der Waals surface area (Å²) in [6.45, 7) is 0.976. The van der Waals surface area contributed by atoms with Crippen molar-refractivity contribution >= 4 is 17.5 Å². The third-order valence-corrected chi connectivity index (χ3v) is 2.19. The summed E-state index contributed by atoms with van der Waals surface area (Å²) in [6, 6.07) is 0. The fourth-order valence-electron chi connectivity index (χ4n) is 1.24. The molecular weight excluding hydrogens is 260 g/mol. The number of nitrogens with zero attached hydrogens (tertiary/aromatic N) is 4. The molecule has 96 valence electrons. The molecule has 2 rings (SSSR count). The normalized spacial score (nSPS) is 10.6. The van der Waals surface area contributed by atoms with Gasteiger partial charge in [0.1, 0.15) is 6.54 Å². The van der Waals surface area contributed by atoms with Crippen LogP contribution in [0, 0.1) is 0 Å². The maximum atomic E-state index is 11.5. The Morgan fingerprint density at radius 3 is 3.11 bits per heavy atom. The molecule has 9 heteroatoms. The van der Waals surface area contributed by atoms with Gasteiger partial charge in [0.15, 0.2) is 5.82 Å². The predicted octanol–water partition coefficient (Wildman–Crippen LogP) is -0.344. The van der Waals surface area contributed by atoms with Gasteiger partial charge in [-0.05, 0) is 0 Å². The van der Waals surface area contributed by atoms with Gasteiger partial charge in [-0.1, -0.05) is 16.8 Å². The first-order valence-corrected chi connectivity index (χ1v) is 5.55. The molecule has 8 nitrogen and oxygen atoms in total. The molecule has 0 bridgehead atoms. The van der Waals surface area contributed by atoms with Gasteiger partial charge in [0.2, 0.25) is 0 Å². The molecule has 0 aliphatic carbocycles. The molecule has 2 aromatic rings. The molecule has 1 amide bonds. The Bertz CT molecular complexity index is 537. The topological polar surface area (TPSA) is 112 Å². The van der Waals surface area contributed by atoms with Crippen molar-refractivity contribution in [2.45, 2.75) is 6.54 Å². The SMILES string of the molecule is NCCNC(=O)c1nc(Cn2cc(Cl)cn2)no1. The number of halogens is 1. The van der Waals surface area contributed by atoms with Crippen molar-refractivity contribution < 1.29 is 9.32 Å². The minimum absolute atomic E-state index is 0.100. The van der Waals surface area contributed by atoms with E-state index in [-0.39, 0.29) is 12.4 Å². The second kappa shape index (κ2) is 5.61. The van der Waals surface area contributed by atoms with Crippen LogP contribution in [0.4, 0.5) is 0 Å². The molecule has 0 atom stereocenters. The van der Waals surface area contributed by atoms with Crippen molar-refractivity contribution in [2.24, 2.45) is 5.73 Å². The fraction of sp³-hybridized carbons (Fsp3) is 0.333. The summed E-state index contributed by atoms with van der Waals surface area (Å²) in [5, 5.41) is 10.7. The molecule has 0 radical (unpaired) electrons. The minimum atomic E-state index is -0.447. The highest BCUT2D eigenvalue weighted by molar-refractivity contribution is 6.30. The van der Waals surface area contributed by atoms with Gasteiger partial charge in [-0.2, -0.15) is 10.1 Å². The summed E-state index contributed by atoms with van der Waals surface area (Å²) in [5.74, 6) is -0.206. The number of aromatic nitrogens is 4. The van der Waals surface area contributed by atoms with Crippen molar-refractivity contribution in [1.29, 1.82) is 0 Å². The molecule has 0 spiro atoms. The van der Waals surface area contributed by atoms with E-state index < -0.39 is 5.91 Å². The lowest BCUT2D eigenvalue weighted by molar-refractivity contribution is 0.0911. The van der Waals surface area contributed by atoms with Gasteiger partial charge in [0.05, 0.1) is 11.2 Å². The lowest BCUT2D eigenvalue weighted by atomic mass is 10.5. The smallest absolute Gasteiger partial charge is 0.316 e. The van der Waals surface area contributed by atoms with E-state index in [2.05, 4.69) is 20.6 Å². The van der Waals surface area contributed by atoms with Gasteiger partial charge < -0.3 is 15.6 Å². The minimum Gasteiger partial charge on any atom is -0.347 e. The Morgan fingerprint density at radius 1 is 1.61 bits per heavy atom. The highest BCUT2D eigenvalue weighted by Crippen LogP contribution is 2.06. The third-order valence-electron chi connectivity index (χ3n) is 2.00. The third kappa shape index (κ3) is 3.05. The van der Waals surface area contributed by atoms with E-state index in [1.165, 1.54) is 10.9 Å². The largest absolute Gasteiger partial charge is 0.347 e. The summed E-state index contributed by atoms with van der Waals surface area (Å²) < 4.78 is 6.35.